The maximum Gasteiger partial charge on any atom is 0.263 e. The number of carbonyl (C=O) groups is 1. The summed E-state index contributed by atoms with van der Waals surface area (Å²) in [6.07, 6.45) is 5.21. The molecule has 0 atom stereocenters. The molecular weight excluding hydrogens is 414 g/mol. The third-order valence-electron chi connectivity index (χ3n) is 5.52. The van der Waals surface area contributed by atoms with Crippen LogP contribution in [-0.2, 0) is 13.0 Å². The highest BCUT2D eigenvalue weighted by atomic mass is 32.1. The number of hydrogen-bond acceptors (Lipinski definition) is 7. The van der Waals surface area contributed by atoms with Crippen molar-refractivity contribution in [3.05, 3.63) is 41.2 Å². The number of aryl methyl sites for hydroxylation is 1. The first-order chi connectivity index (χ1) is 14.9. The normalized spacial score (nSPS) is 17.0. The van der Waals surface area contributed by atoms with Gasteiger partial charge in [-0.15, -0.1) is 0 Å². The van der Waals surface area contributed by atoms with Gasteiger partial charge in [0.1, 0.15) is 17.2 Å². The van der Waals surface area contributed by atoms with Gasteiger partial charge >= 0.3 is 0 Å². The molecule has 0 unspecified atom stereocenters. The highest BCUT2D eigenvalue weighted by Gasteiger charge is 2.34. The number of anilines is 2. The molecule has 2 aliphatic rings. The van der Waals surface area contributed by atoms with Crippen molar-refractivity contribution in [2.45, 2.75) is 38.8 Å². The van der Waals surface area contributed by atoms with Gasteiger partial charge in [-0.25, -0.2) is 4.98 Å². The summed E-state index contributed by atoms with van der Waals surface area (Å²) in [4.78, 5) is 20.2. The first-order valence-corrected chi connectivity index (χ1v) is 11.3. The van der Waals surface area contributed by atoms with E-state index >= 15 is 0 Å². The van der Waals surface area contributed by atoms with Crippen LogP contribution in [0.5, 0.6) is 5.75 Å². The van der Waals surface area contributed by atoms with Gasteiger partial charge in [0.25, 0.3) is 5.91 Å². The number of thiazole rings is 1. The van der Waals surface area contributed by atoms with Crippen molar-refractivity contribution in [2.75, 3.05) is 24.7 Å². The number of aliphatic hydroxyl groups excluding tert-OH is 1. The molecule has 0 fully saturated rings. The van der Waals surface area contributed by atoms with Crippen LogP contribution < -0.4 is 15.0 Å². The molecule has 0 saturated heterocycles. The summed E-state index contributed by atoms with van der Waals surface area (Å²) in [5.74, 6) is 0.758. The van der Waals surface area contributed by atoms with Crippen molar-refractivity contribution in [3.63, 3.8) is 0 Å². The molecule has 0 radical (unpaired) electrons. The summed E-state index contributed by atoms with van der Waals surface area (Å²) >= 11 is 1.44. The lowest BCUT2D eigenvalue weighted by atomic mass is 9.94. The van der Waals surface area contributed by atoms with E-state index < -0.39 is 0 Å². The van der Waals surface area contributed by atoms with Gasteiger partial charge in [0.05, 0.1) is 24.1 Å². The molecule has 8 nitrogen and oxygen atoms in total. The summed E-state index contributed by atoms with van der Waals surface area (Å²) in [7, 11) is 0. The number of amides is 1. The van der Waals surface area contributed by atoms with Crippen LogP contribution in [0.1, 0.15) is 35.6 Å². The molecule has 2 aliphatic heterocycles. The lowest BCUT2D eigenvalue weighted by molar-refractivity contribution is 0.0901. The average Bonchev–Trinajstić information content (AvgIpc) is 3.38. The first-order valence-electron chi connectivity index (χ1n) is 10.4. The molecule has 31 heavy (non-hydrogen) atoms. The Morgan fingerprint density at radius 1 is 1.32 bits per heavy atom. The summed E-state index contributed by atoms with van der Waals surface area (Å²) in [6.45, 7) is 6.10. The number of fused-ring (bicyclic) bond motifs is 2. The molecule has 9 heteroatoms. The van der Waals surface area contributed by atoms with Gasteiger partial charge in [-0.2, -0.15) is 5.10 Å². The number of carbonyl (C=O) groups excluding carboxylic acids is 1. The van der Waals surface area contributed by atoms with Crippen LogP contribution in [0.2, 0.25) is 0 Å². The van der Waals surface area contributed by atoms with E-state index in [1.165, 1.54) is 11.3 Å². The second-order valence-corrected chi connectivity index (χ2v) is 9.52. The Bertz CT molecular complexity index is 1140. The number of rotatable bonds is 5. The van der Waals surface area contributed by atoms with Crippen molar-refractivity contribution in [1.29, 1.82) is 0 Å². The number of nitrogens with one attached hydrogen (secondary N) is 1. The van der Waals surface area contributed by atoms with Gasteiger partial charge in [-0.1, -0.05) is 17.4 Å². The summed E-state index contributed by atoms with van der Waals surface area (Å²) in [6, 6.07) is 6.09. The lowest BCUT2D eigenvalue weighted by Gasteiger charge is -2.29. The van der Waals surface area contributed by atoms with E-state index in [1.54, 1.807) is 0 Å². The molecule has 1 aromatic carbocycles. The van der Waals surface area contributed by atoms with E-state index in [2.05, 4.69) is 21.4 Å². The van der Waals surface area contributed by atoms with Crippen LogP contribution in [-0.4, -0.2) is 51.1 Å². The van der Waals surface area contributed by atoms with Crippen molar-refractivity contribution < 1.29 is 14.6 Å². The molecule has 162 valence electrons. The summed E-state index contributed by atoms with van der Waals surface area (Å²) < 4.78 is 7.73. The molecule has 2 N–H and O–H groups in total. The fourth-order valence-electron chi connectivity index (χ4n) is 4.04. The molecule has 1 amide bonds. The Morgan fingerprint density at radius 3 is 3.03 bits per heavy atom. The number of hydrogen-bond donors (Lipinski definition) is 2. The Morgan fingerprint density at radius 2 is 2.19 bits per heavy atom. The Kier molecular flexibility index (Phi) is 4.94. The van der Waals surface area contributed by atoms with Crippen molar-refractivity contribution in [2.24, 2.45) is 0 Å². The highest BCUT2D eigenvalue weighted by Crippen LogP contribution is 2.42. The van der Waals surface area contributed by atoms with Crippen molar-refractivity contribution >= 4 is 28.1 Å². The molecule has 0 spiro atoms. The maximum atomic E-state index is 12.6. The fraction of sp³-hybridized carbons (Fsp3) is 0.409. The van der Waals surface area contributed by atoms with Gasteiger partial charge in [-0.05, 0) is 38.0 Å². The smallest absolute Gasteiger partial charge is 0.263 e. The van der Waals surface area contributed by atoms with Crippen LogP contribution in [0.4, 0.5) is 10.8 Å². The second-order valence-electron chi connectivity index (χ2n) is 8.54. The topological polar surface area (TPSA) is 92.5 Å². The van der Waals surface area contributed by atoms with Gasteiger partial charge < -0.3 is 20.1 Å². The monoisotopic (exact) mass is 439 g/mol. The predicted octanol–water partition coefficient (Wildman–Crippen LogP) is 2.98. The molecule has 4 heterocycles. The fourth-order valence-corrected chi connectivity index (χ4v) is 5.06. The maximum absolute atomic E-state index is 12.6. The number of ether oxygens (including phenoxy) is 1. The quantitative estimate of drug-likeness (QED) is 0.635. The van der Waals surface area contributed by atoms with Crippen LogP contribution >= 0.6 is 11.3 Å². The minimum absolute atomic E-state index is 0.0486. The lowest BCUT2D eigenvalue weighted by Crippen LogP contribution is -2.48. The third kappa shape index (κ3) is 3.79. The van der Waals surface area contributed by atoms with E-state index in [1.807, 2.05) is 43.1 Å². The summed E-state index contributed by atoms with van der Waals surface area (Å²) in [5, 5.41) is 17.3. The SMILES string of the molecule is CC1(C)Cc2nc(N3CCOc4ccc(-c5cnn(CCCO)c5)cc43)sc2C(=O)N1. The van der Waals surface area contributed by atoms with E-state index in [0.717, 1.165) is 39.8 Å². The molecule has 0 bridgehead atoms. The zero-order valence-electron chi connectivity index (χ0n) is 17.6. The molecule has 3 aromatic rings. The number of benzene rings is 1. The van der Waals surface area contributed by atoms with Gasteiger partial charge in [0.15, 0.2) is 5.13 Å². The van der Waals surface area contributed by atoms with Crippen LogP contribution in [0.15, 0.2) is 30.6 Å². The van der Waals surface area contributed by atoms with E-state index in [-0.39, 0.29) is 18.1 Å². The Labute approximate surface area is 184 Å². The van der Waals surface area contributed by atoms with Crippen LogP contribution in [0, 0.1) is 0 Å². The minimum Gasteiger partial charge on any atom is -0.490 e. The molecular formula is C22H25N5O3S. The third-order valence-corrected chi connectivity index (χ3v) is 6.64. The summed E-state index contributed by atoms with van der Waals surface area (Å²) in [5.41, 5.74) is 3.55. The van der Waals surface area contributed by atoms with Crippen molar-refractivity contribution in [1.82, 2.24) is 20.1 Å². The van der Waals surface area contributed by atoms with E-state index in [9.17, 15) is 4.79 Å². The van der Waals surface area contributed by atoms with Gasteiger partial charge in [0, 0.05) is 36.9 Å². The molecule has 0 aliphatic carbocycles. The van der Waals surface area contributed by atoms with Gasteiger partial charge in [-0.3, -0.25) is 9.48 Å². The zero-order valence-corrected chi connectivity index (χ0v) is 18.4. The minimum atomic E-state index is -0.290. The zero-order chi connectivity index (χ0) is 21.6. The second kappa shape index (κ2) is 7.65. The average molecular weight is 440 g/mol. The van der Waals surface area contributed by atoms with Crippen LogP contribution in [0.25, 0.3) is 11.1 Å². The number of nitrogens with zero attached hydrogens (tertiary/aromatic N) is 4. The number of aliphatic hydroxyl groups is 1. The standard InChI is InChI=1S/C22H25N5O3S/c1-22(2)11-16-19(20(29)25-22)31-21(24-16)27-7-9-30-18-5-4-14(10-17(18)27)15-12-23-26(13-15)6-3-8-28/h4-5,10,12-13,28H,3,6-9,11H2,1-2H3,(H,25,29). The van der Waals surface area contributed by atoms with E-state index in [4.69, 9.17) is 14.8 Å². The van der Waals surface area contributed by atoms with Crippen LogP contribution in [0.3, 0.4) is 0 Å². The molecule has 0 saturated carbocycles. The van der Waals surface area contributed by atoms with Crippen molar-refractivity contribution in [3.8, 4) is 16.9 Å². The first kappa shape index (κ1) is 20.0. The van der Waals surface area contributed by atoms with Gasteiger partial charge in [0.2, 0.25) is 0 Å². The predicted molar refractivity (Wildman–Crippen MR) is 119 cm³/mol. The Hall–Kier alpha value is -2.91. The molecule has 5 rings (SSSR count). The largest absolute Gasteiger partial charge is 0.490 e. The Balaban J connectivity index is 1.48. The number of aromatic nitrogens is 3. The highest BCUT2D eigenvalue weighted by molar-refractivity contribution is 7.17. The van der Waals surface area contributed by atoms with E-state index in [0.29, 0.717) is 31.0 Å². The molecule has 2 aromatic heterocycles.